The molecule has 0 spiro atoms. The predicted octanol–water partition coefficient (Wildman–Crippen LogP) is 3.35. The van der Waals surface area contributed by atoms with Crippen molar-refractivity contribution in [2.75, 3.05) is 0 Å². The maximum absolute atomic E-state index is 12.0. The summed E-state index contributed by atoms with van der Waals surface area (Å²) in [6.45, 7) is 3.94. The van der Waals surface area contributed by atoms with Crippen molar-refractivity contribution in [1.29, 1.82) is 0 Å². The van der Waals surface area contributed by atoms with Crippen LogP contribution in [0.2, 0.25) is 0 Å². The van der Waals surface area contributed by atoms with Gasteiger partial charge in [0, 0.05) is 12.5 Å². The average Bonchev–Trinajstić information content (AvgIpc) is 2.39. The molecule has 0 bridgehead atoms. The zero-order valence-electron chi connectivity index (χ0n) is 12.9. The number of hydrogen-bond donors (Lipinski definition) is 2. The molecule has 1 aliphatic carbocycles. The molecule has 20 heavy (non-hydrogen) atoms. The summed E-state index contributed by atoms with van der Waals surface area (Å²) in [5.41, 5.74) is 0. The largest absolute Gasteiger partial charge is 0.481 e. The van der Waals surface area contributed by atoms with Crippen LogP contribution in [0.1, 0.15) is 71.6 Å². The van der Waals surface area contributed by atoms with Crippen LogP contribution in [0.4, 0.5) is 0 Å². The zero-order valence-corrected chi connectivity index (χ0v) is 12.9. The van der Waals surface area contributed by atoms with E-state index >= 15 is 0 Å². The van der Waals surface area contributed by atoms with Crippen molar-refractivity contribution in [1.82, 2.24) is 5.32 Å². The van der Waals surface area contributed by atoms with Gasteiger partial charge in [0.05, 0.1) is 5.92 Å². The monoisotopic (exact) mass is 283 g/mol. The van der Waals surface area contributed by atoms with Crippen LogP contribution >= 0.6 is 0 Å². The topological polar surface area (TPSA) is 66.4 Å². The first-order chi connectivity index (χ1) is 9.54. The van der Waals surface area contributed by atoms with Gasteiger partial charge < -0.3 is 10.4 Å². The molecule has 0 aromatic rings. The number of carbonyl (C=O) groups is 2. The molecule has 0 radical (unpaired) electrons. The Morgan fingerprint density at radius 3 is 2.45 bits per heavy atom. The van der Waals surface area contributed by atoms with Crippen LogP contribution in [0, 0.1) is 11.8 Å². The lowest BCUT2D eigenvalue weighted by Crippen LogP contribution is -2.38. The first kappa shape index (κ1) is 17.0. The lowest BCUT2D eigenvalue weighted by Gasteiger charge is -2.25. The lowest BCUT2D eigenvalue weighted by molar-refractivity contribution is -0.144. The van der Waals surface area contributed by atoms with Crippen LogP contribution in [-0.2, 0) is 9.59 Å². The molecular formula is C16H29NO3. The van der Waals surface area contributed by atoms with E-state index in [0.29, 0.717) is 18.9 Å². The van der Waals surface area contributed by atoms with Crippen LogP contribution in [0.5, 0.6) is 0 Å². The highest BCUT2D eigenvalue weighted by molar-refractivity contribution is 5.78. The van der Waals surface area contributed by atoms with Gasteiger partial charge in [0.1, 0.15) is 0 Å². The number of carbonyl (C=O) groups excluding carboxylic acids is 1. The summed E-state index contributed by atoms with van der Waals surface area (Å²) in [5.74, 6) is -1.24. The normalized spacial score (nSPS) is 19.3. The van der Waals surface area contributed by atoms with E-state index in [-0.39, 0.29) is 11.8 Å². The van der Waals surface area contributed by atoms with Crippen molar-refractivity contribution < 1.29 is 14.7 Å². The van der Waals surface area contributed by atoms with Gasteiger partial charge in [0.2, 0.25) is 5.91 Å². The van der Waals surface area contributed by atoms with Crippen LogP contribution in [0.25, 0.3) is 0 Å². The van der Waals surface area contributed by atoms with Crippen LogP contribution in [0.3, 0.4) is 0 Å². The molecule has 1 rings (SSSR count). The Labute approximate surface area is 122 Å². The SMILES string of the molecule is CCCC[C@H](C(=O)O)[C@@H](C)CC(=O)NC1CCCCC1. The third kappa shape index (κ3) is 5.93. The number of aliphatic carboxylic acids is 1. The molecule has 4 nitrogen and oxygen atoms in total. The highest BCUT2D eigenvalue weighted by Crippen LogP contribution is 2.23. The summed E-state index contributed by atoms with van der Waals surface area (Å²) in [7, 11) is 0. The molecule has 1 saturated carbocycles. The first-order valence-electron chi connectivity index (χ1n) is 8.06. The number of carboxylic acids is 1. The van der Waals surface area contributed by atoms with Gasteiger partial charge >= 0.3 is 5.97 Å². The van der Waals surface area contributed by atoms with Crippen molar-refractivity contribution in [3.05, 3.63) is 0 Å². The fraction of sp³-hybridized carbons (Fsp3) is 0.875. The fourth-order valence-electron chi connectivity index (χ4n) is 3.04. The van der Waals surface area contributed by atoms with Crippen molar-refractivity contribution in [3.8, 4) is 0 Å². The highest BCUT2D eigenvalue weighted by atomic mass is 16.4. The Bertz CT molecular complexity index is 311. The van der Waals surface area contributed by atoms with Crippen LogP contribution in [0.15, 0.2) is 0 Å². The Kier molecular flexibility index (Phi) is 7.63. The van der Waals surface area contributed by atoms with E-state index in [1.807, 2.05) is 6.92 Å². The highest BCUT2D eigenvalue weighted by Gasteiger charge is 2.26. The molecule has 0 saturated heterocycles. The summed E-state index contributed by atoms with van der Waals surface area (Å²) in [6.07, 6.45) is 8.68. The minimum Gasteiger partial charge on any atom is -0.481 e. The van der Waals surface area contributed by atoms with E-state index in [1.165, 1.54) is 19.3 Å². The Hall–Kier alpha value is -1.06. The maximum Gasteiger partial charge on any atom is 0.306 e. The van der Waals surface area contributed by atoms with E-state index in [4.69, 9.17) is 0 Å². The van der Waals surface area contributed by atoms with Crippen molar-refractivity contribution >= 4 is 11.9 Å². The molecular weight excluding hydrogens is 254 g/mol. The molecule has 1 aliphatic rings. The van der Waals surface area contributed by atoms with E-state index in [2.05, 4.69) is 12.2 Å². The average molecular weight is 283 g/mol. The molecule has 2 atom stereocenters. The number of unbranched alkanes of at least 4 members (excludes halogenated alkanes) is 1. The fourth-order valence-corrected chi connectivity index (χ4v) is 3.04. The van der Waals surface area contributed by atoms with Crippen molar-refractivity contribution in [2.24, 2.45) is 11.8 Å². The molecule has 0 aromatic heterocycles. The lowest BCUT2D eigenvalue weighted by atomic mass is 9.86. The molecule has 1 amide bonds. The van der Waals surface area contributed by atoms with Gasteiger partial charge in [-0.05, 0) is 25.2 Å². The summed E-state index contributed by atoms with van der Waals surface area (Å²) < 4.78 is 0. The van der Waals surface area contributed by atoms with Gasteiger partial charge in [-0.2, -0.15) is 0 Å². The van der Waals surface area contributed by atoms with Gasteiger partial charge in [0.15, 0.2) is 0 Å². The van der Waals surface area contributed by atoms with Gasteiger partial charge in [0.25, 0.3) is 0 Å². The predicted molar refractivity (Wildman–Crippen MR) is 79.4 cm³/mol. The second-order valence-corrected chi connectivity index (χ2v) is 6.17. The summed E-state index contributed by atoms with van der Waals surface area (Å²) in [5, 5.41) is 12.3. The Morgan fingerprint density at radius 2 is 1.90 bits per heavy atom. The molecule has 4 heteroatoms. The number of nitrogens with one attached hydrogen (secondary N) is 1. The quantitative estimate of drug-likeness (QED) is 0.718. The maximum atomic E-state index is 12.0. The van der Waals surface area contributed by atoms with E-state index in [1.54, 1.807) is 0 Å². The van der Waals surface area contributed by atoms with Crippen molar-refractivity contribution in [2.45, 2.75) is 77.7 Å². The minimum atomic E-state index is -0.767. The van der Waals surface area contributed by atoms with Crippen LogP contribution < -0.4 is 5.32 Å². The molecule has 0 aliphatic heterocycles. The molecule has 116 valence electrons. The number of amides is 1. The van der Waals surface area contributed by atoms with Gasteiger partial charge in [-0.3, -0.25) is 9.59 Å². The van der Waals surface area contributed by atoms with Crippen molar-refractivity contribution in [3.63, 3.8) is 0 Å². The molecule has 0 heterocycles. The van der Waals surface area contributed by atoms with E-state index in [9.17, 15) is 14.7 Å². The third-order valence-corrected chi connectivity index (χ3v) is 4.35. The first-order valence-corrected chi connectivity index (χ1v) is 8.06. The standard InChI is InChI=1S/C16H29NO3/c1-3-4-10-14(16(19)20)12(2)11-15(18)17-13-8-6-5-7-9-13/h12-14H,3-11H2,1-2H3,(H,17,18)(H,19,20)/t12-,14-/m0/s1. The summed E-state index contributed by atoms with van der Waals surface area (Å²) in [6, 6.07) is 0.308. The summed E-state index contributed by atoms with van der Waals surface area (Å²) >= 11 is 0. The van der Waals surface area contributed by atoms with E-state index < -0.39 is 11.9 Å². The molecule has 0 aromatic carbocycles. The Balaban J connectivity index is 2.39. The second-order valence-electron chi connectivity index (χ2n) is 6.17. The number of hydrogen-bond acceptors (Lipinski definition) is 2. The van der Waals surface area contributed by atoms with Crippen LogP contribution in [-0.4, -0.2) is 23.0 Å². The van der Waals surface area contributed by atoms with E-state index in [0.717, 1.165) is 25.7 Å². The minimum absolute atomic E-state index is 0.0205. The summed E-state index contributed by atoms with van der Waals surface area (Å²) in [4.78, 5) is 23.3. The molecule has 1 fully saturated rings. The van der Waals surface area contributed by atoms with Gasteiger partial charge in [-0.1, -0.05) is 46.0 Å². The molecule has 2 N–H and O–H groups in total. The van der Waals surface area contributed by atoms with Gasteiger partial charge in [-0.25, -0.2) is 0 Å². The third-order valence-electron chi connectivity index (χ3n) is 4.35. The zero-order chi connectivity index (χ0) is 15.0. The molecule has 0 unspecified atom stereocenters. The second kappa shape index (κ2) is 8.98. The Morgan fingerprint density at radius 1 is 1.25 bits per heavy atom. The number of rotatable bonds is 8. The number of carboxylic acid groups (broad SMARTS) is 1. The van der Waals surface area contributed by atoms with Gasteiger partial charge in [-0.15, -0.1) is 0 Å². The smallest absolute Gasteiger partial charge is 0.306 e.